The molecule has 0 fully saturated rings. The molecule has 2 N–H and O–H groups in total. The lowest BCUT2D eigenvalue weighted by molar-refractivity contribution is -0.121. The molecule has 5 heteroatoms. The van der Waals surface area contributed by atoms with Crippen LogP contribution in [0.15, 0.2) is 18.2 Å². The van der Waals surface area contributed by atoms with E-state index in [1.165, 1.54) is 0 Å². The first kappa shape index (κ1) is 17.3. The van der Waals surface area contributed by atoms with Crippen molar-refractivity contribution < 1.29 is 9.59 Å². The van der Waals surface area contributed by atoms with Gasteiger partial charge in [-0.2, -0.15) is 0 Å². The Morgan fingerprint density at radius 1 is 1.26 bits per heavy atom. The smallest absolute Gasteiger partial charge is 0.315 e. The topological polar surface area (TPSA) is 61.4 Å². The second-order valence-corrected chi connectivity index (χ2v) is 7.72. The summed E-state index contributed by atoms with van der Waals surface area (Å²) >= 11 is 0. The zero-order valence-electron chi connectivity index (χ0n) is 14.9. The van der Waals surface area contributed by atoms with E-state index in [-0.39, 0.29) is 17.5 Å². The number of urea groups is 1. The third kappa shape index (κ3) is 3.66. The highest BCUT2D eigenvalue weighted by Gasteiger charge is 2.42. The van der Waals surface area contributed by atoms with Crippen LogP contribution in [0, 0.1) is 0 Å². The number of carbonyl (C=O) groups excluding carboxylic acids is 2. The fourth-order valence-corrected chi connectivity index (χ4v) is 2.88. The standard InChI is InChI=1S/C18H27N3O2/c1-17(2,3)20-16(23)19-10-9-12-7-8-14-13(11-12)18(4,5)15(22)21(14)6/h7-8,11H,9-10H2,1-6H3,(H2,19,20,23). The van der Waals surface area contributed by atoms with Crippen molar-refractivity contribution in [2.45, 2.75) is 52.0 Å². The summed E-state index contributed by atoms with van der Waals surface area (Å²) in [7, 11) is 1.81. The molecule has 0 aliphatic carbocycles. The van der Waals surface area contributed by atoms with Gasteiger partial charge in [0.15, 0.2) is 0 Å². The molecule has 23 heavy (non-hydrogen) atoms. The number of benzene rings is 1. The van der Waals surface area contributed by atoms with Gasteiger partial charge in [0.05, 0.1) is 5.41 Å². The summed E-state index contributed by atoms with van der Waals surface area (Å²) in [6, 6.07) is 5.94. The molecule has 5 nitrogen and oxygen atoms in total. The Hall–Kier alpha value is -2.04. The summed E-state index contributed by atoms with van der Waals surface area (Å²) in [5.74, 6) is 0.118. The van der Waals surface area contributed by atoms with Crippen LogP contribution in [0.3, 0.4) is 0 Å². The van der Waals surface area contributed by atoms with Crippen LogP contribution in [0.4, 0.5) is 10.5 Å². The number of carbonyl (C=O) groups is 2. The first-order valence-electron chi connectivity index (χ1n) is 8.00. The lowest BCUT2D eigenvalue weighted by Gasteiger charge is -2.20. The normalized spacial score (nSPS) is 16.3. The van der Waals surface area contributed by atoms with Crippen molar-refractivity contribution in [3.63, 3.8) is 0 Å². The van der Waals surface area contributed by atoms with Gasteiger partial charge in [0, 0.05) is 24.8 Å². The zero-order chi connectivity index (χ0) is 17.4. The average Bonchev–Trinajstić information content (AvgIpc) is 2.58. The minimum atomic E-state index is -0.489. The molecule has 0 spiro atoms. The summed E-state index contributed by atoms with van der Waals surface area (Å²) in [6.07, 6.45) is 0.735. The van der Waals surface area contributed by atoms with Gasteiger partial charge in [-0.05, 0) is 58.2 Å². The van der Waals surface area contributed by atoms with E-state index in [1.54, 1.807) is 4.90 Å². The molecule has 0 saturated heterocycles. The maximum absolute atomic E-state index is 12.3. The number of likely N-dealkylation sites (N-methyl/N-ethyl adjacent to an activating group) is 1. The van der Waals surface area contributed by atoms with Gasteiger partial charge in [0.1, 0.15) is 0 Å². The van der Waals surface area contributed by atoms with Crippen LogP contribution in [0.25, 0.3) is 0 Å². The van der Waals surface area contributed by atoms with E-state index in [2.05, 4.69) is 16.7 Å². The fraction of sp³-hybridized carbons (Fsp3) is 0.556. The molecule has 1 aromatic carbocycles. The maximum Gasteiger partial charge on any atom is 0.315 e. The SMILES string of the molecule is CN1C(=O)C(C)(C)c2cc(CCNC(=O)NC(C)(C)C)ccc21. The van der Waals surface area contributed by atoms with Gasteiger partial charge < -0.3 is 15.5 Å². The predicted molar refractivity (Wildman–Crippen MR) is 92.9 cm³/mol. The molecule has 0 unspecified atom stereocenters. The van der Waals surface area contributed by atoms with Crippen molar-refractivity contribution in [2.24, 2.45) is 0 Å². The van der Waals surface area contributed by atoms with E-state index in [9.17, 15) is 9.59 Å². The lowest BCUT2D eigenvalue weighted by atomic mass is 9.85. The fourth-order valence-electron chi connectivity index (χ4n) is 2.88. The minimum absolute atomic E-state index is 0.118. The first-order valence-corrected chi connectivity index (χ1v) is 8.00. The first-order chi connectivity index (χ1) is 10.5. The second-order valence-electron chi connectivity index (χ2n) is 7.72. The summed E-state index contributed by atoms with van der Waals surface area (Å²) in [4.78, 5) is 25.8. The lowest BCUT2D eigenvalue weighted by Crippen LogP contribution is -2.46. The van der Waals surface area contributed by atoms with Gasteiger partial charge in [0.25, 0.3) is 0 Å². The van der Waals surface area contributed by atoms with E-state index in [0.29, 0.717) is 6.54 Å². The van der Waals surface area contributed by atoms with E-state index in [0.717, 1.165) is 23.2 Å². The molecular weight excluding hydrogens is 290 g/mol. The molecule has 0 radical (unpaired) electrons. The Labute approximate surface area is 138 Å². The molecule has 3 amide bonds. The quantitative estimate of drug-likeness (QED) is 0.900. The molecule has 2 rings (SSSR count). The Morgan fingerprint density at radius 2 is 1.91 bits per heavy atom. The Balaban J connectivity index is 2.01. The number of anilines is 1. The molecule has 0 saturated carbocycles. The molecule has 0 bridgehead atoms. The van der Waals surface area contributed by atoms with Crippen LogP contribution in [0.1, 0.15) is 45.7 Å². The van der Waals surface area contributed by atoms with Gasteiger partial charge in [-0.15, -0.1) is 0 Å². The molecule has 1 heterocycles. The van der Waals surface area contributed by atoms with Crippen LogP contribution in [-0.4, -0.2) is 31.1 Å². The van der Waals surface area contributed by atoms with Gasteiger partial charge in [-0.3, -0.25) is 4.79 Å². The Morgan fingerprint density at radius 3 is 2.52 bits per heavy atom. The van der Waals surface area contributed by atoms with Gasteiger partial charge >= 0.3 is 6.03 Å². The number of nitrogens with one attached hydrogen (secondary N) is 2. The van der Waals surface area contributed by atoms with Crippen LogP contribution in [0.5, 0.6) is 0 Å². The van der Waals surface area contributed by atoms with Gasteiger partial charge in [-0.1, -0.05) is 12.1 Å². The van der Waals surface area contributed by atoms with E-state index in [1.807, 2.05) is 53.8 Å². The van der Waals surface area contributed by atoms with Crippen molar-refractivity contribution in [1.29, 1.82) is 0 Å². The summed E-state index contributed by atoms with van der Waals surface area (Å²) in [5, 5.41) is 5.74. The van der Waals surface area contributed by atoms with Crippen LogP contribution >= 0.6 is 0 Å². The molecule has 1 aliphatic heterocycles. The molecule has 126 valence electrons. The summed E-state index contributed by atoms with van der Waals surface area (Å²) in [5.41, 5.74) is 2.42. The number of amides is 3. The largest absolute Gasteiger partial charge is 0.338 e. The third-order valence-corrected chi connectivity index (χ3v) is 4.12. The van der Waals surface area contributed by atoms with Crippen molar-refractivity contribution in [3.05, 3.63) is 29.3 Å². The van der Waals surface area contributed by atoms with Gasteiger partial charge in [-0.25, -0.2) is 4.79 Å². The highest BCUT2D eigenvalue weighted by molar-refractivity contribution is 6.07. The Kier molecular flexibility index (Phi) is 4.42. The number of nitrogens with zero attached hydrogens (tertiary/aromatic N) is 1. The van der Waals surface area contributed by atoms with E-state index < -0.39 is 5.41 Å². The zero-order valence-corrected chi connectivity index (χ0v) is 14.9. The summed E-state index contributed by atoms with van der Waals surface area (Å²) < 4.78 is 0. The predicted octanol–water partition coefficient (Wildman–Crippen LogP) is 2.58. The van der Waals surface area contributed by atoms with Crippen molar-refractivity contribution in [1.82, 2.24) is 10.6 Å². The maximum atomic E-state index is 12.3. The van der Waals surface area contributed by atoms with E-state index >= 15 is 0 Å². The highest BCUT2D eigenvalue weighted by Crippen LogP contribution is 2.41. The molecule has 0 atom stereocenters. The van der Waals surface area contributed by atoms with Crippen molar-refractivity contribution in [2.75, 3.05) is 18.5 Å². The molecule has 0 aromatic heterocycles. The van der Waals surface area contributed by atoms with Crippen LogP contribution < -0.4 is 15.5 Å². The minimum Gasteiger partial charge on any atom is -0.338 e. The molecular formula is C18H27N3O2. The van der Waals surface area contributed by atoms with Crippen LogP contribution in [0.2, 0.25) is 0 Å². The van der Waals surface area contributed by atoms with Crippen LogP contribution in [-0.2, 0) is 16.6 Å². The van der Waals surface area contributed by atoms with Gasteiger partial charge in [0.2, 0.25) is 5.91 Å². The number of fused-ring (bicyclic) bond motifs is 1. The molecule has 1 aliphatic rings. The number of hydrogen-bond donors (Lipinski definition) is 2. The third-order valence-electron chi connectivity index (χ3n) is 4.12. The van der Waals surface area contributed by atoms with Crippen molar-refractivity contribution in [3.8, 4) is 0 Å². The monoisotopic (exact) mass is 317 g/mol. The molecule has 1 aromatic rings. The highest BCUT2D eigenvalue weighted by atomic mass is 16.2. The number of rotatable bonds is 3. The number of hydrogen-bond acceptors (Lipinski definition) is 2. The average molecular weight is 317 g/mol. The second kappa shape index (κ2) is 5.87. The van der Waals surface area contributed by atoms with Crippen molar-refractivity contribution >= 4 is 17.6 Å². The summed E-state index contributed by atoms with van der Waals surface area (Å²) in [6.45, 7) is 10.3. The van der Waals surface area contributed by atoms with E-state index in [4.69, 9.17) is 0 Å². The Bertz CT molecular complexity index is 630.